The van der Waals surface area contributed by atoms with Crippen LogP contribution in [0.25, 0.3) is 0 Å². The van der Waals surface area contributed by atoms with E-state index in [0.29, 0.717) is 12.1 Å². The topological polar surface area (TPSA) is 63.4 Å². The molecule has 0 saturated heterocycles. The van der Waals surface area contributed by atoms with E-state index in [1.807, 2.05) is 25.1 Å². The lowest BCUT2D eigenvalue weighted by Crippen LogP contribution is -2.20. The molecule has 0 bridgehead atoms. The maximum atomic E-state index is 12.2. The monoisotopic (exact) mass is 268 g/mol. The fourth-order valence-corrected chi connectivity index (χ4v) is 2.44. The van der Waals surface area contributed by atoms with Gasteiger partial charge in [0.2, 0.25) is 5.91 Å². The van der Waals surface area contributed by atoms with E-state index in [4.69, 9.17) is 0 Å². The van der Waals surface area contributed by atoms with E-state index in [0.717, 1.165) is 16.8 Å². The van der Waals surface area contributed by atoms with Crippen LogP contribution in [0.3, 0.4) is 0 Å². The van der Waals surface area contributed by atoms with Crippen LogP contribution in [0.5, 0.6) is 0 Å². The van der Waals surface area contributed by atoms with E-state index in [1.165, 1.54) is 12.1 Å². The molecule has 1 heterocycles. The van der Waals surface area contributed by atoms with Gasteiger partial charge in [-0.15, -0.1) is 0 Å². The summed E-state index contributed by atoms with van der Waals surface area (Å²) < 4.78 is 0. The molecule has 1 aliphatic heterocycles. The number of hydrogen-bond donors (Lipinski definition) is 0. The molecule has 0 aliphatic carbocycles. The molecule has 100 valence electrons. The zero-order valence-corrected chi connectivity index (χ0v) is 10.9. The van der Waals surface area contributed by atoms with Crippen molar-refractivity contribution in [1.29, 1.82) is 0 Å². The molecule has 2 aromatic rings. The molecule has 0 saturated carbocycles. The number of aryl methyl sites for hydroxylation is 1. The highest BCUT2D eigenvalue weighted by Crippen LogP contribution is 2.36. The minimum absolute atomic E-state index is 0.0172. The zero-order valence-electron chi connectivity index (χ0n) is 10.9. The van der Waals surface area contributed by atoms with Crippen molar-refractivity contribution >= 4 is 23.0 Å². The van der Waals surface area contributed by atoms with Crippen LogP contribution in [-0.4, -0.2) is 10.8 Å². The molecule has 20 heavy (non-hydrogen) atoms. The summed E-state index contributed by atoms with van der Waals surface area (Å²) in [5.41, 5.74) is 3.33. The van der Waals surface area contributed by atoms with E-state index >= 15 is 0 Å². The first-order chi connectivity index (χ1) is 9.56. The largest absolute Gasteiger partial charge is 0.280 e. The van der Waals surface area contributed by atoms with Crippen molar-refractivity contribution in [3.05, 3.63) is 63.7 Å². The van der Waals surface area contributed by atoms with E-state index in [9.17, 15) is 14.9 Å². The van der Waals surface area contributed by atoms with Gasteiger partial charge in [-0.3, -0.25) is 19.8 Å². The molecule has 0 radical (unpaired) electrons. The van der Waals surface area contributed by atoms with Crippen LogP contribution in [0.15, 0.2) is 42.5 Å². The molecule has 0 fully saturated rings. The SMILES string of the molecule is Cc1ccc2c(c1)N(c1cccc([N+](=O)[O-])c1)C(=O)C2. The van der Waals surface area contributed by atoms with Gasteiger partial charge in [0.15, 0.2) is 0 Å². The third kappa shape index (κ3) is 1.93. The average molecular weight is 268 g/mol. The number of fused-ring (bicyclic) bond motifs is 1. The van der Waals surface area contributed by atoms with Crippen LogP contribution in [-0.2, 0) is 11.2 Å². The fraction of sp³-hybridized carbons (Fsp3) is 0.133. The minimum atomic E-state index is -0.457. The summed E-state index contributed by atoms with van der Waals surface area (Å²) in [4.78, 5) is 24.1. The van der Waals surface area contributed by atoms with Crippen molar-refractivity contribution in [2.75, 3.05) is 4.90 Å². The highest BCUT2D eigenvalue weighted by Gasteiger charge is 2.29. The number of carbonyl (C=O) groups excluding carboxylic acids is 1. The number of nitro benzene ring substituents is 1. The number of rotatable bonds is 2. The summed E-state index contributed by atoms with van der Waals surface area (Å²) >= 11 is 0. The third-order valence-corrected chi connectivity index (χ3v) is 3.37. The van der Waals surface area contributed by atoms with Crippen molar-refractivity contribution < 1.29 is 9.72 Å². The number of benzene rings is 2. The number of nitro groups is 1. The Morgan fingerprint density at radius 2 is 2.00 bits per heavy atom. The summed E-state index contributed by atoms with van der Waals surface area (Å²) in [5.74, 6) is -0.0638. The number of carbonyl (C=O) groups is 1. The van der Waals surface area contributed by atoms with Crippen molar-refractivity contribution in [1.82, 2.24) is 0 Å². The first-order valence-electron chi connectivity index (χ1n) is 6.23. The maximum Gasteiger partial charge on any atom is 0.271 e. The summed E-state index contributed by atoms with van der Waals surface area (Å²) in [6.07, 6.45) is 0.332. The van der Waals surface area contributed by atoms with Gasteiger partial charge in [-0.2, -0.15) is 0 Å². The van der Waals surface area contributed by atoms with Gasteiger partial charge in [0.1, 0.15) is 0 Å². The molecule has 0 N–H and O–H groups in total. The van der Waals surface area contributed by atoms with Gasteiger partial charge in [-0.1, -0.05) is 18.2 Å². The Morgan fingerprint density at radius 3 is 2.75 bits per heavy atom. The molecule has 0 atom stereocenters. The normalized spacial score (nSPS) is 13.4. The Labute approximate surface area is 115 Å². The molecular formula is C15H12N2O3. The van der Waals surface area contributed by atoms with E-state index < -0.39 is 4.92 Å². The molecule has 5 nitrogen and oxygen atoms in total. The first-order valence-corrected chi connectivity index (χ1v) is 6.23. The first kappa shape index (κ1) is 12.3. The predicted octanol–water partition coefficient (Wildman–Crippen LogP) is 3.12. The van der Waals surface area contributed by atoms with E-state index in [-0.39, 0.29) is 11.6 Å². The second-order valence-electron chi connectivity index (χ2n) is 4.82. The Bertz CT molecular complexity index is 725. The van der Waals surface area contributed by atoms with Gasteiger partial charge in [0.25, 0.3) is 5.69 Å². The molecular weight excluding hydrogens is 256 g/mol. The Kier molecular flexibility index (Phi) is 2.75. The molecule has 0 aromatic heterocycles. The van der Waals surface area contributed by atoms with Gasteiger partial charge in [0, 0.05) is 12.1 Å². The number of amides is 1. The molecule has 1 amide bonds. The van der Waals surface area contributed by atoms with Crippen LogP contribution in [0.1, 0.15) is 11.1 Å². The molecule has 0 spiro atoms. The summed E-state index contributed by atoms with van der Waals surface area (Å²) in [7, 11) is 0. The molecule has 0 unspecified atom stereocenters. The maximum absolute atomic E-state index is 12.2. The quantitative estimate of drug-likeness (QED) is 0.621. The lowest BCUT2D eigenvalue weighted by atomic mass is 10.1. The molecule has 2 aromatic carbocycles. The average Bonchev–Trinajstić information content (AvgIpc) is 2.74. The van der Waals surface area contributed by atoms with Crippen molar-refractivity contribution in [3.63, 3.8) is 0 Å². The van der Waals surface area contributed by atoms with Crippen molar-refractivity contribution in [3.8, 4) is 0 Å². The van der Waals surface area contributed by atoms with Gasteiger partial charge in [0.05, 0.1) is 22.7 Å². The smallest absolute Gasteiger partial charge is 0.271 e. The predicted molar refractivity (Wildman–Crippen MR) is 75.1 cm³/mol. The van der Waals surface area contributed by atoms with Gasteiger partial charge < -0.3 is 0 Å². The zero-order chi connectivity index (χ0) is 14.3. The standard InChI is InChI=1S/C15H12N2O3/c1-10-5-6-11-8-15(18)16(14(11)7-10)12-3-2-4-13(9-12)17(19)20/h2-7,9H,8H2,1H3. The molecule has 5 heteroatoms. The summed E-state index contributed by atoms with van der Waals surface area (Å²) in [6, 6.07) is 12.0. The van der Waals surface area contributed by atoms with Gasteiger partial charge >= 0.3 is 0 Å². The van der Waals surface area contributed by atoms with E-state index in [1.54, 1.807) is 17.0 Å². The van der Waals surface area contributed by atoms with Crippen LogP contribution in [0, 0.1) is 17.0 Å². The number of anilines is 2. The third-order valence-electron chi connectivity index (χ3n) is 3.37. The fourth-order valence-electron chi connectivity index (χ4n) is 2.44. The van der Waals surface area contributed by atoms with E-state index in [2.05, 4.69) is 0 Å². The Hall–Kier alpha value is -2.69. The van der Waals surface area contributed by atoms with Crippen LogP contribution < -0.4 is 4.90 Å². The second-order valence-corrected chi connectivity index (χ2v) is 4.82. The summed E-state index contributed by atoms with van der Waals surface area (Å²) in [5, 5.41) is 10.9. The van der Waals surface area contributed by atoms with Gasteiger partial charge in [-0.05, 0) is 30.2 Å². The van der Waals surface area contributed by atoms with Crippen LogP contribution in [0.4, 0.5) is 17.1 Å². The Morgan fingerprint density at radius 1 is 1.20 bits per heavy atom. The number of hydrogen-bond acceptors (Lipinski definition) is 3. The van der Waals surface area contributed by atoms with Crippen molar-refractivity contribution in [2.45, 2.75) is 13.3 Å². The number of nitrogens with zero attached hydrogens (tertiary/aromatic N) is 2. The Balaban J connectivity index is 2.11. The number of non-ortho nitro benzene ring substituents is 1. The van der Waals surface area contributed by atoms with Crippen LogP contribution >= 0.6 is 0 Å². The minimum Gasteiger partial charge on any atom is -0.280 e. The highest BCUT2D eigenvalue weighted by molar-refractivity contribution is 6.07. The summed E-state index contributed by atoms with van der Waals surface area (Å²) in [6.45, 7) is 1.95. The van der Waals surface area contributed by atoms with Crippen molar-refractivity contribution in [2.24, 2.45) is 0 Å². The lowest BCUT2D eigenvalue weighted by molar-refractivity contribution is -0.384. The second kappa shape index (κ2) is 4.45. The van der Waals surface area contributed by atoms with Gasteiger partial charge in [-0.25, -0.2) is 0 Å². The van der Waals surface area contributed by atoms with Crippen LogP contribution in [0.2, 0.25) is 0 Å². The molecule has 1 aliphatic rings. The highest BCUT2D eigenvalue weighted by atomic mass is 16.6. The molecule has 3 rings (SSSR count). The lowest BCUT2D eigenvalue weighted by Gasteiger charge is -2.17.